The molecule has 2 atom stereocenters. The van der Waals surface area contributed by atoms with Gasteiger partial charge in [0.05, 0.1) is 0 Å². The average Bonchev–Trinajstić information content (AvgIpc) is 2.84. The fraction of sp³-hybridized carbons (Fsp3) is 0.818. The van der Waals surface area contributed by atoms with E-state index < -0.39 is 0 Å². The van der Waals surface area contributed by atoms with E-state index in [2.05, 4.69) is 10.8 Å². The zero-order valence-corrected chi connectivity index (χ0v) is 7.63. The van der Waals surface area contributed by atoms with Gasteiger partial charge >= 0.3 is 0 Å². The van der Waals surface area contributed by atoms with E-state index in [-0.39, 0.29) is 0 Å². The molecule has 1 saturated heterocycles. The SMILES string of the molecule is C#CCCCN1CCC[C@@H]2C[C@@H]21. The van der Waals surface area contributed by atoms with E-state index in [0.29, 0.717) is 0 Å². The summed E-state index contributed by atoms with van der Waals surface area (Å²) in [6.45, 7) is 2.57. The maximum Gasteiger partial charge on any atom is 0.0127 e. The quantitative estimate of drug-likeness (QED) is 0.453. The van der Waals surface area contributed by atoms with Gasteiger partial charge in [0.1, 0.15) is 0 Å². The molecule has 2 aliphatic rings. The van der Waals surface area contributed by atoms with Crippen molar-refractivity contribution in [1.29, 1.82) is 0 Å². The minimum Gasteiger partial charge on any atom is -0.300 e. The van der Waals surface area contributed by atoms with Gasteiger partial charge < -0.3 is 4.90 Å². The topological polar surface area (TPSA) is 3.24 Å². The van der Waals surface area contributed by atoms with Gasteiger partial charge in [0, 0.05) is 12.5 Å². The maximum atomic E-state index is 5.22. The van der Waals surface area contributed by atoms with Gasteiger partial charge in [0.25, 0.3) is 0 Å². The van der Waals surface area contributed by atoms with Crippen LogP contribution in [0.1, 0.15) is 32.1 Å². The molecule has 2 fully saturated rings. The summed E-state index contributed by atoms with van der Waals surface area (Å²) >= 11 is 0. The van der Waals surface area contributed by atoms with Crippen molar-refractivity contribution in [2.45, 2.75) is 38.1 Å². The van der Waals surface area contributed by atoms with Crippen molar-refractivity contribution in [3.8, 4) is 12.3 Å². The summed E-state index contributed by atoms with van der Waals surface area (Å²) in [6.07, 6.45) is 11.7. The van der Waals surface area contributed by atoms with Gasteiger partial charge in [-0.05, 0) is 44.7 Å². The Morgan fingerprint density at radius 3 is 3.25 bits per heavy atom. The molecule has 0 aromatic heterocycles. The zero-order valence-electron chi connectivity index (χ0n) is 7.63. The maximum absolute atomic E-state index is 5.22. The van der Waals surface area contributed by atoms with Crippen molar-refractivity contribution >= 4 is 0 Å². The first kappa shape index (κ1) is 8.13. The number of fused-ring (bicyclic) bond motifs is 1. The first-order valence-corrected chi connectivity index (χ1v) is 5.09. The number of hydrogen-bond donors (Lipinski definition) is 0. The van der Waals surface area contributed by atoms with E-state index in [1.165, 1.54) is 38.8 Å². The minimum atomic E-state index is 0.952. The molecule has 0 spiro atoms. The second-order valence-corrected chi connectivity index (χ2v) is 4.05. The molecule has 1 saturated carbocycles. The van der Waals surface area contributed by atoms with Crippen LogP contribution >= 0.6 is 0 Å². The number of piperidine rings is 1. The van der Waals surface area contributed by atoms with Gasteiger partial charge in [-0.1, -0.05) is 0 Å². The van der Waals surface area contributed by atoms with Gasteiger partial charge in [-0.2, -0.15) is 0 Å². The lowest BCUT2D eigenvalue weighted by atomic mass is 10.1. The van der Waals surface area contributed by atoms with Crippen molar-refractivity contribution in [2.75, 3.05) is 13.1 Å². The molecule has 1 aliphatic heterocycles. The highest BCUT2D eigenvalue weighted by Crippen LogP contribution is 2.42. The van der Waals surface area contributed by atoms with Crippen LogP contribution in [-0.4, -0.2) is 24.0 Å². The predicted molar refractivity (Wildman–Crippen MR) is 50.8 cm³/mol. The third kappa shape index (κ3) is 1.64. The molecule has 1 heterocycles. The van der Waals surface area contributed by atoms with Gasteiger partial charge in [0.2, 0.25) is 0 Å². The van der Waals surface area contributed by atoms with E-state index in [0.717, 1.165) is 18.4 Å². The molecule has 0 bridgehead atoms. The van der Waals surface area contributed by atoms with Crippen LogP contribution in [0.15, 0.2) is 0 Å². The number of hydrogen-bond acceptors (Lipinski definition) is 1. The zero-order chi connectivity index (χ0) is 8.39. The molecule has 0 radical (unpaired) electrons. The molecule has 1 nitrogen and oxygen atoms in total. The van der Waals surface area contributed by atoms with Crippen LogP contribution in [0.2, 0.25) is 0 Å². The summed E-state index contributed by atoms with van der Waals surface area (Å²) in [7, 11) is 0. The lowest BCUT2D eigenvalue weighted by Crippen LogP contribution is -2.32. The average molecular weight is 163 g/mol. The smallest absolute Gasteiger partial charge is 0.0127 e. The molecule has 2 rings (SSSR count). The van der Waals surface area contributed by atoms with E-state index >= 15 is 0 Å². The summed E-state index contributed by atoms with van der Waals surface area (Å²) in [6, 6.07) is 0.955. The van der Waals surface area contributed by atoms with Crippen LogP contribution in [0.4, 0.5) is 0 Å². The van der Waals surface area contributed by atoms with Gasteiger partial charge in [-0.25, -0.2) is 0 Å². The van der Waals surface area contributed by atoms with Gasteiger partial charge in [-0.3, -0.25) is 0 Å². The Labute approximate surface area is 75.1 Å². The molecule has 12 heavy (non-hydrogen) atoms. The number of nitrogens with zero attached hydrogens (tertiary/aromatic N) is 1. The van der Waals surface area contributed by atoms with E-state index in [9.17, 15) is 0 Å². The second-order valence-electron chi connectivity index (χ2n) is 4.05. The Morgan fingerprint density at radius 1 is 1.50 bits per heavy atom. The molecule has 0 aromatic rings. The largest absolute Gasteiger partial charge is 0.300 e. The van der Waals surface area contributed by atoms with E-state index in [1.54, 1.807) is 0 Å². The van der Waals surface area contributed by atoms with Crippen LogP contribution in [-0.2, 0) is 0 Å². The Balaban J connectivity index is 1.70. The van der Waals surface area contributed by atoms with E-state index in [1.807, 2.05) is 0 Å². The Morgan fingerprint density at radius 2 is 2.42 bits per heavy atom. The van der Waals surface area contributed by atoms with Crippen LogP contribution < -0.4 is 0 Å². The minimum absolute atomic E-state index is 0.952. The van der Waals surface area contributed by atoms with Crippen LogP contribution in [0.5, 0.6) is 0 Å². The number of likely N-dealkylation sites (tertiary alicyclic amines) is 1. The van der Waals surface area contributed by atoms with Crippen LogP contribution in [0.3, 0.4) is 0 Å². The van der Waals surface area contributed by atoms with Crippen molar-refractivity contribution in [3.63, 3.8) is 0 Å². The Bertz CT molecular complexity index is 192. The lowest BCUT2D eigenvalue weighted by molar-refractivity contribution is 0.214. The summed E-state index contributed by atoms with van der Waals surface area (Å²) in [5.74, 6) is 3.77. The molecular formula is C11H17N. The van der Waals surface area contributed by atoms with Gasteiger partial charge in [0.15, 0.2) is 0 Å². The van der Waals surface area contributed by atoms with Crippen molar-refractivity contribution in [3.05, 3.63) is 0 Å². The highest BCUT2D eigenvalue weighted by atomic mass is 15.2. The van der Waals surface area contributed by atoms with Crippen LogP contribution in [0.25, 0.3) is 0 Å². The summed E-state index contributed by atoms with van der Waals surface area (Å²) in [5, 5.41) is 0. The normalized spacial score (nSPS) is 33.9. The number of unbranched alkanes of at least 4 members (excludes halogenated alkanes) is 1. The van der Waals surface area contributed by atoms with E-state index in [4.69, 9.17) is 6.42 Å². The predicted octanol–water partition coefficient (Wildman–Crippen LogP) is 1.88. The molecule has 66 valence electrons. The third-order valence-electron chi connectivity index (χ3n) is 3.14. The molecule has 0 unspecified atom stereocenters. The highest BCUT2D eigenvalue weighted by Gasteiger charge is 2.43. The molecule has 0 amide bonds. The summed E-state index contributed by atoms with van der Waals surface area (Å²) in [5.41, 5.74) is 0. The molecular weight excluding hydrogens is 146 g/mol. The van der Waals surface area contributed by atoms with Gasteiger partial charge in [-0.15, -0.1) is 12.3 Å². The summed E-state index contributed by atoms with van der Waals surface area (Å²) in [4.78, 5) is 2.64. The first-order valence-electron chi connectivity index (χ1n) is 5.09. The standard InChI is InChI=1S/C11H17N/c1-2-3-4-7-12-8-5-6-10-9-11(10)12/h1,10-11H,3-9H2/t10-,11+/m1/s1. The van der Waals surface area contributed by atoms with Crippen LogP contribution in [0, 0.1) is 18.3 Å². The summed E-state index contributed by atoms with van der Waals surface area (Å²) < 4.78 is 0. The third-order valence-corrected chi connectivity index (χ3v) is 3.14. The second kappa shape index (κ2) is 3.49. The molecule has 1 heteroatoms. The molecule has 0 N–H and O–H groups in total. The Kier molecular flexibility index (Phi) is 2.37. The first-order chi connectivity index (χ1) is 5.92. The van der Waals surface area contributed by atoms with Crippen molar-refractivity contribution in [2.24, 2.45) is 5.92 Å². The lowest BCUT2D eigenvalue weighted by Gasteiger charge is -2.25. The van der Waals surface area contributed by atoms with Crippen molar-refractivity contribution < 1.29 is 0 Å². The monoisotopic (exact) mass is 163 g/mol. The highest BCUT2D eigenvalue weighted by molar-refractivity contribution is 4.98. The number of terminal acetylenes is 1. The Hall–Kier alpha value is -0.480. The fourth-order valence-corrected chi connectivity index (χ4v) is 2.37. The molecule has 0 aromatic carbocycles. The fourth-order valence-electron chi connectivity index (χ4n) is 2.37. The number of rotatable bonds is 3. The molecule has 1 aliphatic carbocycles. The van der Waals surface area contributed by atoms with Crippen molar-refractivity contribution in [1.82, 2.24) is 4.90 Å².